The Kier molecular flexibility index (Phi) is 5.59. The summed E-state index contributed by atoms with van der Waals surface area (Å²) in [5, 5.41) is 8.79. The van der Waals surface area contributed by atoms with Gasteiger partial charge in [-0.25, -0.2) is 4.79 Å². The van der Waals surface area contributed by atoms with Crippen LogP contribution in [0.5, 0.6) is 5.75 Å². The van der Waals surface area contributed by atoms with Crippen LogP contribution in [0, 0.1) is 0 Å². The van der Waals surface area contributed by atoms with E-state index in [-0.39, 0.29) is 17.1 Å². The molecule has 0 aliphatic carbocycles. The van der Waals surface area contributed by atoms with Crippen LogP contribution in [0.1, 0.15) is 10.4 Å². The van der Waals surface area contributed by atoms with E-state index in [0.717, 1.165) is 32.2 Å². The largest absolute Gasteiger partial charge is 0.497 e. The fourth-order valence-corrected chi connectivity index (χ4v) is 3.54. The number of thioether (sulfide) groups is 1. The number of methoxy groups -OCH3 is 1. The van der Waals surface area contributed by atoms with Gasteiger partial charge in [0.05, 0.1) is 12.9 Å². The number of carbonyl (C=O) groups is 1. The maximum Gasteiger partial charge on any atom is 0.332 e. The summed E-state index contributed by atoms with van der Waals surface area (Å²) in [5.41, 5.74) is 5.16. The lowest BCUT2D eigenvalue weighted by atomic mass is 10.2. The molecule has 3 rings (SSSR count). The first-order chi connectivity index (χ1) is 13.8. The molecule has 0 aliphatic rings. The second kappa shape index (κ2) is 7.95. The lowest BCUT2D eigenvalue weighted by Crippen LogP contribution is -2.41. The third-order valence-corrected chi connectivity index (χ3v) is 5.52. The topological polar surface area (TPSA) is 127 Å². The van der Waals surface area contributed by atoms with Crippen LogP contribution in [-0.4, -0.2) is 42.5 Å². The Bertz CT molecular complexity index is 1190. The number of ether oxygens (including phenoxy) is 1. The average Bonchev–Trinajstić information content (AvgIpc) is 3.09. The van der Waals surface area contributed by atoms with Crippen molar-refractivity contribution >= 4 is 23.4 Å². The average molecular weight is 416 g/mol. The summed E-state index contributed by atoms with van der Waals surface area (Å²) in [6.45, 7) is 0. The highest BCUT2D eigenvalue weighted by Gasteiger charge is 2.21. The second-order valence-corrected chi connectivity index (χ2v) is 7.21. The molecule has 11 heteroatoms. The lowest BCUT2D eigenvalue weighted by molar-refractivity contribution is 0.102. The molecule has 0 saturated carbocycles. The molecule has 0 unspecified atom stereocenters. The van der Waals surface area contributed by atoms with Gasteiger partial charge in [-0.05, 0) is 24.3 Å². The van der Waals surface area contributed by atoms with Crippen LogP contribution in [-0.2, 0) is 21.1 Å². The number of nitrogens with two attached hydrogens (primary N) is 1. The van der Waals surface area contributed by atoms with Crippen molar-refractivity contribution in [3.63, 3.8) is 0 Å². The van der Waals surface area contributed by atoms with Crippen molar-refractivity contribution in [3.05, 3.63) is 50.7 Å². The number of hydrogen-bond acceptors (Lipinski definition) is 8. The molecule has 0 spiro atoms. The third kappa shape index (κ3) is 3.68. The number of anilines is 1. The summed E-state index contributed by atoms with van der Waals surface area (Å²) in [7, 11) is 6.09. The van der Waals surface area contributed by atoms with Gasteiger partial charge in [0, 0.05) is 26.7 Å². The molecule has 0 saturated heterocycles. The van der Waals surface area contributed by atoms with Crippen LogP contribution >= 0.6 is 11.8 Å². The van der Waals surface area contributed by atoms with Gasteiger partial charge >= 0.3 is 5.69 Å². The van der Waals surface area contributed by atoms with Crippen molar-refractivity contribution in [1.29, 1.82) is 0 Å². The molecule has 2 aromatic heterocycles. The van der Waals surface area contributed by atoms with E-state index in [1.807, 2.05) is 24.3 Å². The second-order valence-electron chi connectivity index (χ2n) is 6.27. The Labute approximate surface area is 169 Å². The molecule has 29 heavy (non-hydrogen) atoms. The smallest absolute Gasteiger partial charge is 0.332 e. The zero-order chi connectivity index (χ0) is 21.3. The highest BCUT2D eigenvalue weighted by atomic mass is 32.2. The number of Topliss-reactive ketones (excluding diaryl/α,β-unsaturated/α-hetero) is 1. The number of aromatic nitrogens is 5. The summed E-state index contributed by atoms with van der Waals surface area (Å²) < 4.78 is 8.83. The van der Waals surface area contributed by atoms with Gasteiger partial charge in [-0.3, -0.25) is 18.7 Å². The Morgan fingerprint density at radius 2 is 1.72 bits per heavy atom. The molecular weight excluding hydrogens is 396 g/mol. The number of nitrogens with zero attached hydrogens (tertiary/aromatic N) is 5. The first-order valence-corrected chi connectivity index (χ1v) is 9.50. The van der Waals surface area contributed by atoms with Gasteiger partial charge in [0.25, 0.3) is 5.56 Å². The van der Waals surface area contributed by atoms with Crippen LogP contribution in [0.25, 0.3) is 11.4 Å². The predicted octanol–water partition coefficient (Wildman–Crippen LogP) is 0.445. The summed E-state index contributed by atoms with van der Waals surface area (Å²) in [6.07, 6.45) is 0. The SMILES string of the molecule is COc1ccc(-c2nnc(SCC(=O)c3c(N)n(C)c(=O)n(C)c3=O)n2C)cc1. The standard InChI is InChI=1S/C18H20N6O4S/c1-22-14(19)13(16(26)24(3)18(22)27)12(25)9-29-17-21-20-15(23(17)2)10-5-7-11(28-4)8-6-10/h5-8H,9,19H2,1-4H3. The van der Waals surface area contributed by atoms with Crippen molar-refractivity contribution in [3.8, 4) is 17.1 Å². The Morgan fingerprint density at radius 1 is 1.07 bits per heavy atom. The molecule has 152 valence electrons. The fourth-order valence-electron chi connectivity index (χ4n) is 2.76. The quantitative estimate of drug-likeness (QED) is 0.453. The van der Waals surface area contributed by atoms with Crippen LogP contribution in [0.4, 0.5) is 5.82 Å². The molecule has 10 nitrogen and oxygen atoms in total. The molecule has 0 fully saturated rings. The molecule has 0 bridgehead atoms. The van der Waals surface area contributed by atoms with E-state index in [1.165, 1.54) is 14.1 Å². The van der Waals surface area contributed by atoms with Crippen LogP contribution in [0.15, 0.2) is 39.0 Å². The Hall–Kier alpha value is -3.34. The molecule has 0 radical (unpaired) electrons. The molecular formula is C18H20N6O4S. The van der Waals surface area contributed by atoms with Crippen molar-refractivity contribution in [1.82, 2.24) is 23.9 Å². The minimum atomic E-state index is -0.715. The highest BCUT2D eigenvalue weighted by molar-refractivity contribution is 7.99. The summed E-state index contributed by atoms with van der Waals surface area (Å²) in [6, 6.07) is 7.35. The molecule has 3 aromatic rings. The van der Waals surface area contributed by atoms with Gasteiger partial charge in [-0.2, -0.15) is 0 Å². The molecule has 2 heterocycles. The van der Waals surface area contributed by atoms with Crippen LogP contribution in [0.2, 0.25) is 0 Å². The summed E-state index contributed by atoms with van der Waals surface area (Å²) in [4.78, 5) is 36.8. The maximum atomic E-state index is 12.6. The molecule has 0 atom stereocenters. The molecule has 0 amide bonds. The number of carbonyl (C=O) groups excluding carboxylic acids is 1. The first-order valence-electron chi connectivity index (χ1n) is 8.51. The molecule has 0 aliphatic heterocycles. The first kappa shape index (κ1) is 20.4. The number of hydrogen-bond donors (Lipinski definition) is 1. The number of nitrogen functional groups attached to an aromatic ring is 1. The number of ketones is 1. The Balaban J connectivity index is 1.83. The fraction of sp³-hybridized carbons (Fsp3) is 0.278. The van der Waals surface area contributed by atoms with Crippen LogP contribution < -0.4 is 21.7 Å². The van der Waals surface area contributed by atoms with E-state index < -0.39 is 17.0 Å². The van der Waals surface area contributed by atoms with E-state index in [4.69, 9.17) is 10.5 Å². The highest BCUT2D eigenvalue weighted by Crippen LogP contribution is 2.25. The van der Waals surface area contributed by atoms with E-state index in [2.05, 4.69) is 10.2 Å². The van der Waals surface area contributed by atoms with Gasteiger partial charge in [-0.1, -0.05) is 11.8 Å². The maximum absolute atomic E-state index is 12.6. The van der Waals surface area contributed by atoms with E-state index in [0.29, 0.717) is 11.0 Å². The zero-order valence-electron chi connectivity index (χ0n) is 16.4. The van der Waals surface area contributed by atoms with E-state index in [1.54, 1.807) is 18.7 Å². The Morgan fingerprint density at radius 3 is 2.34 bits per heavy atom. The predicted molar refractivity (Wildman–Crippen MR) is 109 cm³/mol. The minimum Gasteiger partial charge on any atom is -0.497 e. The van der Waals surface area contributed by atoms with Gasteiger partial charge in [-0.15, -0.1) is 10.2 Å². The van der Waals surface area contributed by atoms with Gasteiger partial charge in [0.1, 0.15) is 17.1 Å². The number of benzene rings is 1. The van der Waals surface area contributed by atoms with Gasteiger partial charge < -0.3 is 15.0 Å². The van der Waals surface area contributed by atoms with Crippen molar-refractivity contribution < 1.29 is 9.53 Å². The lowest BCUT2D eigenvalue weighted by Gasteiger charge is -2.10. The normalized spacial score (nSPS) is 10.9. The third-order valence-electron chi connectivity index (χ3n) is 4.50. The minimum absolute atomic E-state index is 0.0772. The van der Waals surface area contributed by atoms with Gasteiger partial charge in [0.2, 0.25) is 0 Å². The molecule has 1 aromatic carbocycles. The van der Waals surface area contributed by atoms with E-state index in [9.17, 15) is 14.4 Å². The zero-order valence-corrected chi connectivity index (χ0v) is 17.2. The monoisotopic (exact) mass is 416 g/mol. The van der Waals surface area contributed by atoms with Crippen molar-refractivity contribution in [2.24, 2.45) is 21.1 Å². The summed E-state index contributed by atoms with van der Waals surface area (Å²) in [5.74, 6) is 0.637. The van der Waals surface area contributed by atoms with Crippen LogP contribution in [0.3, 0.4) is 0 Å². The van der Waals surface area contributed by atoms with Crippen molar-refractivity contribution in [2.45, 2.75) is 5.16 Å². The van der Waals surface area contributed by atoms with Crippen molar-refractivity contribution in [2.75, 3.05) is 18.6 Å². The molecule has 2 N–H and O–H groups in total. The van der Waals surface area contributed by atoms with Gasteiger partial charge in [0.15, 0.2) is 16.8 Å². The number of rotatable bonds is 6. The summed E-state index contributed by atoms with van der Waals surface area (Å²) >= 11 is 1.13. The van der Waals surface area contributed by atoms with E-state index >= 15 is 0 Å².